The van der Waals surface area contributed by atoms with Crippen LogP contribution in [-0.2, 0) is 12.3 Å². The molecule has 0 radical (unpaired) electrons. The molecule has 35 heavy (non-hydrogen) atoms. The van der Waals surface area contributed by atoms with Gasteiger partial charge in [-0.3, -0.25) is 5.32 Å². The Morgan fingerprint density at radius 1 is 0.914 bits per heavy atom. The van der Waals surface area contributed by atoms with Crippen molar-refractivity contribution in [2.24, 2.45) is 0 Å². The highest BCUT2D eigenvalue weighted by molar-refractivity contribution is 6.33. The Morgan fingerprint density at radius 2 is 1.66 bits per heavy atom. The van der Waals surface area contributed by atoms with Crippen LogP contribution in [0.4, 0.5) is 5.69 Å². The highest BCUT2D eigenvalue weighted by Crippen LogP contribution is 2.32. The van der Waals surface area contributed by atoms with E-state index < -0.39 is 5.72 Å². The molecule has 6 heteroatoms. The van der Waals surface area contributed by atoms with Gasteiger partial charge in [-0.2, -0.15) is 0 Å². The van der Waals surface area contributed by atoms with Crippen molar-refractivity contribution < 1.29 is 9.84 Å². The Kier molecular flexibility index (Phi) is 6.39. The number of para-hydroxylation sites is 1. The van der Waals surface area contributed by atoms with Crippen LogP contribution in [0.5, 0.6) is 5.75 Å². The maximum absolute atomic E-state index is 10.8. The minimum absolute atomic E-state index is 0.393. The van der Waals surface area contributed by atoms with Gasteiger partial charge < -0.3 is 20.1 Å². The molecule has 178 valence electrons. The van der Waals surface area contributed by atoms with Gasteiger partial charge in [-0.15, -0.1) is 0 Å². The van der Waals surface area contributed by atoms with E-state index in [0.29, 0.717) is 29.4 Å². The number of ether oxygens (including phenoxy) is 1. The van der Waals surface area contributed by atoms with Crippen molar-refractivity contribution in [2.45, 2.75) is 19.2 Å². The molecule has 0 aliphatic heterocycles. The van der Waals surface area contributed by atoms with Crippen LogP contribution in [0.2, 0.25) is 5.02 Å². The molecule has 4 N–H and O–H groups in total. The smallest absolute Gasteiger partial charge is 0.139 e. The monoisotopic (exact) mass is 485 g/mol. The maximum Gasteiger partial charge on any atom is 0.139 e. The summed E-state index contributed by atoms with van der Waals surface area (Å²) in [6, 6.07) is 30.3. The van der Waals surface area contributed by atoms with E-state index in [-0.39, 0.29) is 0 Å². The van der Waals surface area contributed by atoms with Crippen LogP contribution in [0.15, 0.2) is 91.0 Å². The molecule has 1 heterocycles. The fourth-order valence-electron chi connectivity index (χ4n) is 4.47. The van der Waals surface area contributed by atoms with E-state index in [0.717, 1.165) is 17.8 Å². The zero-order valence-corrected chi connectivity index (χ0v) is 20.3. The number of anilines is 1. The average Bonchev–Trinajstić information content (AvgIpc) is 3.17. The highest BCUT2D eigenvalue weighted by atomic mass is 35.5. The fourth-order valence-corrected chi connectivity index (χ4v) is 4.58. The zero-order chi connectivity index (χ0) is 24.4. The first-order chi connectivity index (χ1) is 16.9. The molecule has 0 unspecified atom stereocenters. The van der Waals surface area contributed by atoms with E-state index in [1.165, 1.54) is 21.9 Å². The molecule has 5 rings (SSSR count). The van der Waals surface area contributed by atoms with Crippen molar-refractivity contribution in [3.8, 4) is 5.75 Å². The number of nitrogens with two attached hydrogens (primary N) is 1. The Balaban J connectivity index is 1.33. The van der Waals surface area contributed by atoms with E-state index >= 15 is 0 Å². The summed E-state index contributed by atoms with van der Waals surface area (Å²) < 4.78 is 8.39. The summed E-state index contributed by atoms with van der Waals surface area (Å²) in [5.74, 6) is 0.784. The van der Waals surface area contributed by atoms with Crippen molar-refractivity contribution in [1.82, 2.24) is 9.88 Å². The Hall–Kier alpha value is -3.51. The third-order valence-electron chi connectivity index (χ3n) is 6.33. The molecule has 0 aliphatic carbocycles. The maximum atomic E-state index is 10.8. The van der Waals surface area contributed by atoms with Crippen LogP contribution in [0.25, 0.3) is 21.8 Å². The highest BCUT2D eigenvalue weighted by Gasteiger charge is 2.22. The first-order valence-electron chi connectivity index (χ1n) is 11.6. The number of nitrogen functional groups attached to an aromatic ring is 1. The van der Waals surface area contributed by atoms with Crippen LogP contribution in [0, 0.1) is 0 Å². The van der Waals surface area contributed by atoms with Crippen LogP contribution < -0.4 is 15.8 Å². The second-order valence-electron chi connectivity index (χ2n) is 8.85. The van der Waals surface area contributed by atoms with E-state index in [2.05, 4.69) is 70.5 Å². The van der Waals surface area contributed by atoms with Gasteiger partial charge in [0, 0.05) is 41.0 Å². The first-order valence-corrected chi connectivity index (χ1v) is 12.0. The lowest BCUT2D eigenvalue weighted by atomic mass is 10.0. The topological polar surface area (TPSA) is 72.4 Å². The van der Waals surface area contributed by atoms with Gasteiger partial charge in [0.2, 0.25) is 0 Å². The number of aliphatic hydroxyl groups is 1. The predicted octanol–water partition coefficient (Wildman–Crippen LogP) is 5.91. The van der Waals surface area contributed by atoms with Crippen LogP contribution in [-0.4, -0.2) is 22.8 Å². The van der Waals surface area contributed by atoms with Crippen molar-refractivity contribution in [1.29, 1.82) is 0 Å². The number of hydrogen-bond acceptors (Lipinski definition) is 4. The largest absolute Gasteiger partial charge is 0.492 e. The summed E-state index contributed by atoms with van der Waals surface area (Å²) in [4.78, 5) is 0. The number of fused-ring (bicyclic) bond motifs is 3. The summed E-state index contributed by atoms with van der Waals surface area (Å²) in [6.45, 7) is 3.30. The summed E-state index contributed by atoms with van der Waals surface area (Å²) in [7, 11) is 0. The standard InChI is InChI=1S/C29H28ClN3O2/c1-29(34,21-11-14-25(30)26(31)17-21)32-15-16-35-22-12-13-24-23-9-5-6-10-27(23)33(28(24)18-22)19-20-7-3-2-4-8-20/h2-14,17-18,32,34H,15-16,19,31H2,1H3/t29-/m1/s1. The average molecular weight is 486 g/mol. The Morgan fingerprint density at radius 3 is 2.46 bits per heavy atom. The van der Waals surface area contributed by atoms with Crippen LogP contribution >= 0.6 is 11.6 Å². The van der Waals surface area contributed by atoms with Gasteiger partial charge in [0.1, 0.15) is 18.1 Å². The lowest BCUT2D eigenvalue weighted by Crippen LogP contribution is -2.41. The molecular weight excluding hydrogens is 458 g/mol. The van der Waals surface area contributed by atoms with Gasteiger partial charge in [-0.05, 0) is 42.8 Å². The summed E-state index contributed by atoms with van der Waals surface area (Å²) in [5, 5.41) is 16.8. The van der Waals surface area contributed by atoms with E-state index in [9.17, 15) is 5.11 Å². The number of halogens is 1. The zero-order valence-electron chi connectivity index (χ0n) is 19.5. The molecule has 5 nitrogen and oxygen atoms in total. The van der Waals surface area contributed by atoms with Gasteiger partial charge in [-0.25, -0.2) is 0 Å². The van der Waals surface area contributed by atoms with Crippen molar-refractivity contribution in [2.75, 3.05) is 18.9 Å². The fraction of sp³-hybridized carbons (Fsp3) is 0.172. The van der Waals surface area contributed by atoms with Crippen LogP contribution in [0.3, 0.4) is 0 Å². The lowest BCUT2D eigenvalue weighted by molar-refractivity contribution is 0.0170. The van der Waals surface area contributed by atoms with E-state index in [1.54, 1.807) is 25.1 Å². The number of benzene rings is 4. The third kappa shape index (κ3) is 4.84. The molecule has 0 aliphatic rings. The molecule has 0 saturated heterocycles. The lowest BCUT2D eigenvalue weighted by Gasteiger charge is -2.26. The summed E-state index contributed by atoms with van der Waals surface area (Å²) in [5.41, 5.74) is 9.28. The number of hydrogen-bond donors (Lipinski definition) is 3. The Bertz CT molecular complexity index is 1480. The molecule has 0 bridgehead atoms. The summed E-state index contributed by atoms with van der Waals surface area (Å²) >= 11 is 6.00. The molecule has 0 amide bonds. The van der Waals surface area contributed by atoms with E-state index in [1.807, 2.05) is 12.1 Å². The molecule has 5 aromatic rings. The quantitative estimate of drug-likeness (QED) is 0.145. The molecule has 1 aromatic heterocycles. The Labute approximate surface area is 209 Å². The normalized spacial score (nSPS) is 13.2. The molecule has 0 fully saturated rings. The summed E-state index contributed by atoms with van der Waals surface area (Å²) in [6.07, 6.45) is 0. The van der Waals surface area contributed by atoms with Gasteiger partial charge in [-0.1, -0.05) is 66.2 Å². The molecule has 1 atom stereocenters. The van der Waals surface area contributed by atoms with E-state index in [4.69, 9.17) is 22.1 Å². The van der Waals surface area contributed by atoms with Crippen molar-refractivity contribution >= 4 is 39.1 Å². The minimum Gasteiger partial charge on any atom is -0.492 e. The minimum atomic E-state index is -1.26. The second kappa shape index (κ2) is 9.62. The first kappa shape index (κ1) is 23.2. The predicted molar refractivity (Wildman–Crippen MR) is 144 cm³/mol. The molecular formula is C29H28ClN3O2. The molecule has 0 saturated carbocycles. The molecule has 4 aromatic carbocycles. The van der Waals surface area contributed by atoms with Crippen LogP contribution in [0.1, 0.15) is 18.1 Å². The number of rotatable bonds is 8. The number of aromatic nitrogens is 1. The molecule has 0 spiro atoms. The van der Waals surface area contributed by atoms with Gasteiger partial charge in [0.05, 0.1) is 16.2 Å². The van der Waals surface area contributed by atoms with Crippen molar-refractivity contribution in [3.05, 3.63) is 107 Å². The number of nitrogens with zero attached hydrogens (tertiary/aromatic N) is 1. The van der Waals surface area contributed by atoms with Crippen molar-refractivity contribution in [3.63, 3.8) is 0 Å². The number of nitrogens with one attached hydrogen (secondary N) is 1. The second-order valence-corrected chi connectivity index (χ2v) is 9.26. The SMILES string of the molecule is C[C@](O)(NCCOc1ccc2c3ccccc3n(Cc3ccccc3)c2c1)c1ccc(Cl)c(N)c1. The van der Waals surface area contributed by atoms with Gasteiger partial charge in [0.25, 0.3) is 0 Å². The van der Waals surface area contributed by atoms with Gasteiger partial charge in [0.15, 0.2) is 0 Å². The van der Waals surface area contributed by atoms with Gasteiger partial charge >= 0.3 is 0 Å². The third-order valence-corrected chi connectivity index (χ3v) is 6.67.